The Hall–Kier alpha value is -8.16. The largest absolute Gasteiger partial charge is 0.485 e. The van der Waals surface area contributed by atoms with Gasteiger partial charge in [-0.05, 0) is 67.8 Å². The number of primary amides is 1. The fourth-order valence-electron chi connectivity index (χ4n) is 7.35. The van der Waals surface area contributed by atoms with Gasteiger partial charge in [-0.25, -0.2) is 14.6 Å². The van der Waals surface area contributed by atoms with Crippen molar-refractivity contribution in [1.29, 1.82) is 0 Å². The maximum atomic E-state index is 13.2. The standard InChI is InChI=1S/C47H46F3N9O13/c48-47(49,50)26-53-37-22-28(14-15-52-37)44-55-33(25-72-44)42(64)54-32-23-58(57-40(32)41(51)63)29-10-8-27(9-11-29)35(61)6-3-17-69-19-21-70-20-18-68-16-2-4-30(60)24-71-36-7-1-5-31-39(36)46(67)59(45(31)66)34-12-13-38(62)56-43(34)65/h1,5,7-11,14-15,22-23,25,34H,2-4,6,12-13,16-21,24,26H2,(H2,51,63)(H,52,53)(H,54,64)(H,56,62,65). The Bertz CT molecular complexity index is 2850. The predicted octanol–water partition coefficient (Wildman–Crippen LogP) is 4.09. The van der Waals surface area contributed by atoms with Crippen LogP contribution >= 0.6 is 0 Å². The number of ether oxygens (including phenoxy) is 4. The number of nitrogens with zero attached hydrogens (tertiary/aromatic N) is 5. The third-order valence-electron chi connectivity index (χ3n) is 10.9. The number of amides is 6. The van der Waals surface area contributed by atoms with Crippen molar-refractivity contribution in [3.63, 3.8) is 0 Å². The number of Topliss-reactive ketones (excluding diaryl/α,β-unsaturated/α-hetero) is 2. The highest BCUT2D eigenvalue weighted by atomic mass is 19.4. The minimum Gasteiger partial charge on any atom is -0.485 e. The number of piperidine rings is 1. The van der Waals surface area contributed by atoms with Gasteiger partial charge in [0.05, 0.1) is 55.1 Å². The van der Waals surface area contributed by atoms with Crippen LogP contribution in [0.15, 0.2) is 77.7 Å². The number of benzene rings is 2. The van der Waals surface area contributed by atoms with Gasteiger partial charge in [0.15, 0.2) is 23.0 Å². The van der Waals surface area contributed by atoms with Crippen LogP contribution in [0.5, 0.6) is 5.75 Å². The highest BCUT2D eigenvalue weighted by Gasteiger charge is 2.46. The van der Waals surface area contributed by atoms with Gasteiger partial charge in [0.2, 0.25) is 17.7 Å². The molecular formula is C47H46F3N9O13. The fourth-order valence-corrected chi connectivity index (χ4v) is 7.35. The lowest BCUT2D eigenvalue weighted by molar-refractivity contribution is -0.136. The quantitative estimate of drug-likeness (QED) is 0.0345. The van der Waals surface area contributed by atoms with E-state index in [0.717, 1.165) is 11.2 Å². The molecule has 0 bridgehead atoms. The number of rotatable bonds is 26. The number of pyridine rings is 1. The lowest BCUT2D eigenvalue weighted by Crippen LogP contribution is -2.54. The Morgan fingerprint density at radius 1 is 0.889 bits per heavy atom. The summed E-state index contributed by atoms with van der Waals surface area (Å²) in [6, 6.07) is 12.3. The molecule has 1 unspecified atom stereocenters. The van der Waals surface area contributed by atoms with Crippen molar-refractivity contribution in [3.05, 3.63) is 101 Å². The molecule has 22 nitrogen and oxygen atoms in total. The van der Waals surface area contributed by atoms with Crippen LogP contribution in [0.25, 0.3) is 17.1 Å². The van der Waals surface area contributed by atoms with Crippen molar-refractivity contribution in [1.82, 2.24) is 30.0 Å². The van der Waals surface area contributed by atoms with E-state index in [4.69, 9.17) is 29.1 Å². The fraction of sp³-hybridized carbons (Fsp3) is 0.340. The van der Waals surface area contributed by atoms with Crippen LogP contribution in [0.2, 0.25) is 0 Å². The molecule has 7 rings (SSSR count). The summed E-state index contributed by atoms with van der Waals surface area (Å²) in [7, 11) is 0. The summed E-state index contributed by atoms with van der Waals surface area (Å²) in [5, 5.41) is 11.0. The summed E-state index contributed by atoms with van der Waals surface area (Å²) in [4.78, 5) is 110. The monoisotopic (exact) mass is 1000 g/mol. The predicted molar refractivity (Wildman–Crippen MR) is 243 cm³/mol. The number of imide groups is 2. The number of hydrogen-bond acceptors (Lipinski definition) is 17. The van der Waals surface area contributed by atoms with Crippen molar-refractivity contribution in [2.75, 3.05) is 63.4 Å². The number of carbonyl (C=O) groups is 8. The van der Waals surface area contributed by atoms with E-state index in [0.29, 0.717) is 37.3 Å². The van der Waals surface area contributed by atoms with Gasteiger partial charge < -0.3 is 39.7 Å². The second-order valence-corrected chi connectivity index (χ2v) is 16.1. The first-order valence-electron chi connectivity index (χ1n) is 22.4. The third-order valence-corrected chi connectivity index (χ3v) is 10.9. The molecule has 72 heavy (non-hydrogen) atoms. The zero-order valence-electron chi connectivity index (χ0n) is 38.2. The van der Waals surface area contributed by atoms with E-state index in [1.807, 2.05) is 0 Å². The second-order valence-electron chi connectivity index (χ2n) is 16.1. The molecule has 0 saturated carbocycles. The first-order chi connectivity index (χ1) is 34.6. The number of halogens is 3. The zero-order chi connectivity index (χ0) is 51.4. The van der Waals surface area contributed by atoms with E-state index in [-0.39, 0.29) is 122 Å². The molecule has 6 amide bonds. The Balaban J connectivity index is 0.741. The number of nitrogens with two attached hydrogens (primary N) is 1. The molecule has 5 aromatic rings. The van der Waals surface area contributed by atoms with E-state index in [2.05, 4.69) is 31.0 Å². The normalized spacial score (nSPS) is 14.5. The maximum absolute atomic E-state index is 13.2. The Morgan fingerprint density at radius 3 is 2.29 bits per heavy atom. The summed E-state index contributed by atoms with van der Waals surface area (Å²) in [5.41, 5.74) is 6.10. The number of oxazole rings is 1. The zero-order valence-corrected chi connectivity index (χ0v) is 38.2. The number of ketones is 2. The molecule has 0 aliphatic carbocycles. The summed E-state index contributed by atoms with van der Waals surface area (Å²) >= 11 is 0. The van der Waals surface area contributed by atoms with E-state index < -0.39 is 54.2 Å². The molecule has 1 atom stereocenters. The van der Waals surface area contributed by atoms with Gasteiger partial charge in [-0.15, -0.1) is 0 Å². The summed E-state index contributed by atoms with van der Waals surface area (Å²) in [5.74, 6) is -4.88. The van der Waals surface area contributed by atoms with Gasteiger partial charge in [-0.1, -0.05) is 6.07 Å². The van der Waals surface area contributed by atoms with Crippen molar-refractivity contribution < 1.29 is 74.9 Å². The third kappa shape index (κ3) is 13.4. The van der Waals surface area contributed by atoms with Gasteiger partial charge in [0, 0.05) is 49.8 Å². The number of hydrogen-bond donors (Lipinski definition) is 4. The molecular weight excluding hydrogens is 956 g/mol. The van der Waals surface area contributed by atoms with E-state index >= 15 is 0 Å². The molecule has 5 N–H and O–H groups in total. The number of fused-ring (bicyclic) bond motifs is 1. The number of alkyl halides is 3. The topological polar surface area (TPSA) is 296 Å². The van der Waals surface area contributed by atoms with E-state index in [1.165, 1.54) is 47.4 Å². The molecule has 378 valence electrons. The molecule has 1 saturated heterocycles. The van der Waals surface area contributed by atoms with Gasteiger partial charge in [-0.2, -0.15) is 18.3 Å². The highest BCUT2D eigenvalue weighted by Crippen LogP contribution is 2.34. The summed E-state index contributed by atoms with van der Waals surface area (Å²) in [6.45, 7) is 0.0807. The van der Waals surface area contributed by atoms with E-state index in [9.17, 15) is 51.5 Å². The molecule has 25 heteroatoms. The number of aromatic nitrogens is 4. The van der Waals surface area contributed by atoms with Crippen molar-refractivity contribution in [2.24, 2.45) is 5.73 Å². The number of anilines is 2. The molecule has 3 aromatic heterocycles. The van der Waals surface area contributed by atoms with Crippen LogP contribution in [-0.2, 0) is 28.6 Å². The second kappa shape index (κ2) is 23.6. The van der Waals surface area contributed by atoms with Crippen molar-refractivity contribution in [2.45, 2.75) is 50.7 Å². The lowest BCUT2D eigenvalue weighted by Gasteiger charge is -2.27. The smallest absolute Gasteiger partial charge is 0.405 e. The SMILES string of the molecule is NC(=O)c1nn(-c2ccc(C(=O)CCCOCCOCCOCCCC(=O)COc3cccc4c3C(=O)N(C3CCC(=O)NC3=O)C4=O)cc2)cc1NC(=O)c1coc(-c2ccnc(NCC(F)(F)F)c2)n1. The molecule has 5 heterocycles. The summed E-state index contributed by atoms with van der Waals surface area (Å²) in [6.07, 6.45) is 0.338. The van der Waals surface area contributed by atoms with Crippen LogP contribution in [0.3, 0.4) is 0 Å². The van der Waals surface area contributed by atoms with Crippen LogP contribution in [0.4, 0.5) is 24.7 Å². The van der Waals surface area contributed by atoms with Crippen LogP contribution in [0, 0.1) is 0 Å². The van der Waals surface area contributed by atoms with Gasteiger partial charge >= 0.3 is 6.18 Å². The molecule has 1 fully saturated rings. The maximum Gasteiger partial charge on any atom is 0.405 e. The van der Waals surface area contributed by atoms with Crippen LogP contribution in [0.1, 0.15) is 90.6 Å². The first kappa shape index (κ1) is 51.7. The Labute approximate surface area is 406 Å². The molecule has 2 aliphatic rings. The van der Waals surface area contributed by atoms with Crippen molar-refractivity contribution in [3.8, 4) is 22.9 Å². The van der Waals surface area contributed by atoms with Gasteiger partial charge in [-0.3, -0.25) is 48.6 Å². The van der Waals surface area contributed by atoms with Crippen molar-refractivity contribution >= 4 is 58.5 Å². The first-order valence-corrected chi connectivity index (χ1v) is 22.4. The lowest BCUT2D eigenvalue weighted by atomic mass is 10.0. The molecule has 2 aromatic carbocycles. The minimum atomic E-state index is -4.47. The molecule has 0 spiro atoms. The minimum absolute atomic E-state index is 0.0106. The number of nitrogens with one attached hydrogen (secondary N) is 3. The number of carbonyl (C=O) groups excluding carboxylic acids is 8. The Kier molecular flexibility index (Phi) is 17.0. The average molecular weight is 1000 g/mol. The molecule has 2 aliphatic heterocycles. The average Bonchev–Trinajstić information content (AvgIpc) is 4.09. The van der Waals surface area contributed by atoms with Gasteiger partial charge in [0.25, 0.3) is 23.6 Å². The highest BCUT2D eigenvalue weighted by molar-refractivity contribution is 6.24. The molecule has 0 radical (unpaired) electrons. The van der Waals surface area contributed by atoms with E-state index in [1.54, 1.807) is 24.3 Å². The summed E-state index contributed by atoms with van der Waals surface area (Å²) < 4.78 is 66.8. The van der Waals surface area contributed by atoms with Gasteiger partial charge in [0.1, 0.15) is 37.0 Å². The van der Waals surface area contributed by atoms with Crippen LogP contribution in [-0.4, -0.2) is 137 Å². The van der Waals surface area contributed by atoms with Crippen LogP contribution < -0.4 is 26.4 Å². The Morgan fingerprint density at radius 2 is 1.60 bits per heavy atom.